The number of para-hydroxylation sites is 3. The number of methoxy groups -OCH3 is 1. The Bertz CT molecular complexity index is 835. The largest absolute Gasteiger partial charge is 0.493 e. The fourth-order valence-corrected chi connectivity index (χ4v) is 2.52. The van der Waals surface area contributed by atoms with Crippen molar-refractivity contribution in [2.24, 2.45) is 0 Å². The van der Waals surface area contributed by atoms with Crippen LogP contribution in [0, 0.1) is 0 Å². The minimum atomic E-state index is 0.445. The lowest BCUT2D eigenvalue weighted by atomic mass is 10.3. The second kappa shape index (κ2) is 10.8. The zero-order chi connectivity index (χ0) is 19.4. The van der Waals surface area contributed by atoms with Crippen LogP contribution >= 0.6 is 0 Å². The lowest BCUT2D eigenvalue weighted by Crippen LogP contribution is -2.12. The van der Waals surface area contributed by atoms with Crippen LogP contribution in [0.2, 0.25) is 0 Å². The van der Waals surface area contributed by atoms with Crippen LogP contribution in [0.5, 0.6) is 28.7 Å². The van der Waals surface area contributed by atoms with Gasteiger partial charge in [0.15, 0.2) is 11.5 Å². The predicted octanol–water partition coefficient (Wildman–Crippen LogP) is 4.96. The lowest BCUT2D eigenvalue weighted by Gasteiger charge is -2.11. The minimum absolute atomic E-state index is 0.445. The van der Waals surface area contributed by atoms with E-state index >= 15 is 0 Å². The molecular formula is C23H24O5. The van der Waals surface area contributed by atoms with E-state index in [0.717, 1.165) is 17.2 Å². The van der Waals surface area contributed by atoms with Gasteiger partial charge in [0.05, 0.1) is 20.3 Å². The van der Waals surface area contributed by atoms with E-state index in [2.05, 4.69) is 0 Å². The molecule has 3 rings (SSSR count). The number of hydrogen-bond donors (Lipinski definition) is 0. The molecule has 0 N–H and O–H groups in total. The third kappa shape index (κ3) is 6.21. The first-order valence-corrected chi connectivity index (χ1v) is 9.14. The van der Waals surface area contributed by atoms with Crippen LogP contribution in [0.3, 0.4) is 0 Å². The highest BCUT2D eigenvalue weighted by molar-refractivity contribution is 5.39. The average Bonchev–Trinajstić information content (AvgIpc) is 2.74. The minimum Gasteiger partial charge on any atom is -0.493 e. The van der Waals surface area contributed by atoms with Gasteiger partial charge in [-0.1, -0.05) is 36.4 Å². The Morgan fingerprint density at radius 1 is 0.571 bits per heavy atom. The van der Waals surface area contributed by atoms with Gasteiger partial charge in [-0.2, -0.15) is 0 Å². The SMILES string of the molecule is COc1ccccc1OCCOCCOc1cccc(Oc2ccccc2)c1. The summed E-state index contributed by atoms with van der Waals surface area (Å²) in [6.45, 7) is 1.84. The highest BCUT2D eigenvalue weighted by Crippen LogP contribution is 2.26. The molecule has 0 saturated carbocycles. The zero-order valence-corrected chi connectivity index (χ0v) is 15.9. The van der Waals surface area contributed by atoms with Crippen LogP contribution < -0.4 is 18.9 Å². The van der Waals surface area contributed by atoms with Gasteiger partial charge < -0.3 is 23.7 Å². The Kier molecular flexibility index (Phi) is 7.58. The summed E-state index contributed by atoms with van der Waals surface area (Å²) >= 11 is 0. The van der Waals surface area contributed by atoms with Crippen molar-refractivity contribution >= 4 is 0 Å². The first-order chi connectivity index (χ1) is 13.8. The van der Waals surface area contributed by atoms with Crippen LogP contribution in [0.1, 0.15) is 0 Å². The van der Waals surface area contributed by atoms with Crippen molar-refractivity contribution in [3.63, 3.8) is 0 Å². The molecule has 28 heavy (non-hydrogen) atoms. The molecule has 0 amide bonds. The van der Waals surface area contributed by atoms with Crippen molar-refractivity contribution in [3.05, 3.63) is 78.9 Å². The maximum atomic E-state index is 5.80. The van der Waals surface area contributed by atoms with E-state index in [1.807, 2.05) is 78.9 Å². The monoisotopic (exact) mass is 380 g/mol. The summed E-state index contributed by atoms with van der Waals surface area (Å²) in [5.74, 6) is 3.68. The molecule has 0 aliphatic carbocycles. The van der Waals surface area contributed by atoms with E-state index in [1.165, 1.54) is 0 Å². The summed E-state index contributed by atoms with van der Waals surface area (Å²) in [6.07, 6.45) is 0. The van der Waals surface area contributed by atoms with E-state index in [0.29, 0.717) is 37.9 Å². The topological polar surface area (TPSA) is 46.2 Å². The number of hydrogen-bond acceptors (Lipinski definition) is 5. The van der Waals surface area contributed by atoms with Gasteiger partial charge in [0.25, 0.3) is 0 Å². The molecule has 0 bridgehead atoms. The van der Waals surface area contributed by atoms with Gasteiger partial charge in [-0.05, 0) is 36.4 Å². The summed E-state index contributed by atoms with van der Waals surface area (Å²) in [4.78, 5) is 0. The van der Waals surface area contributed by atoms with Gasteiger partial charge in [0.1, 0.15) is 30.5 Å². The molecule has 146 valence electrons. The normalized spacial score (nSPS) is 10.3. The Morgan fingerprint density at radius 3 is 2.00 bits per heavy atom. The van der Waals surface area contributed by atoms with Crippen molar-refractivity contribution in [3.8, 4) is 28.7 Å². The molecule has 0 atom stereocenters. The van der Waals surface area contributed by atoms with Crippen molar-refractivity contribution in [1.82, 2.24) is 0 Å². The molecule has 0 saturated heterocycles. The molecule has 0 heterocycles. The number of ether oxygens (including phenoxy) is 5. The third-order valence-electron chi connectivity index (χ3n) is 3.84. The molecule has 5 heteroatoms. The molecule has 0 spiro atoms. The second-order valence-corrected chi connectivity index (χ2v) is 5.85. The van der Waals surface area contributed by atoms with Crippen LogP contribution in [-0.4, -0.2) is 33.5 Å². The summed E-state index contributed by atoms with van der Waals surface area (Å²) in [5, 5.41) is 0. The van der Waals surface area contributed by atoms with Crippen molar-refractivity contribution in [2.45, 2.75) is 0 Å². The average molecular weight is 380 g/mol. The van der Waals surface area contributed by atoms with Gasteiger partial charge in [-0.25, -0.2) is 0 Å². The summed E-state index contributed by atoms with van der Waals surface area (Å²) < 4.78 is 28.0. The van der Waals surface area contributed by atoms with E-state index in [4.69, 9.17) is 23.7 Å². The Balaban J connectivity index is 1.33. The van der Waals surface area contributed by atoms with Crippen molar-refractivity contribution in [1.29, 1.82) is 0 Å². The maximum absolute atomic E-state index is 5.80. The Labute approximate surface area is 165 Å². The Morgan fingerprint density at radius 2 is 1.21 bits per heavy atom. The second-order valence-electron chi connectivity index (χ2n) is 5.85. The fraction of sp³-hybridized carbons (Fsp3) is 0.217. The predicted molar refractivity (Wildman–Crippen MR) is 108 cm³/mol. The van der Waals surface area contributed by atoms with Crippen LogP contribution in [-0.2, 0) is 4.74 Å². The molecule has 0 aromatic heterocycles. The van der Waals surface area contributed by atoms with Gasteiger partial charge in [0.2, 0.25) is 0 Å². The highest BCUT2D eigenvalue weighted by atomic mass is 16.6. The molecule has 0 radical (unpaired) electrons. The quantitative estimate of drug-likeness (QED) is 0.440. The van der Waals surface area contributed by atoms with Gasteiger partial charge >= 0.3 is 0 Å². The molecule has 3 aromatic rings. The summed E-state index contributed by atoms with van der Waals surface area (Å²) in [7, 11) is 1.62. The molecule has 5 nitrogen and oxygen atoms in total. The van der Waals surface area contributed by atoms with Crippen LogP contribution in [0.4, 0.5) is 0 Å². The fourth-order valence-electron chi connectivity index (χ4n) is 2.52. The van der Waals surface area contributed by atoms with E-state index in [9.17, 15) is 0 Å². The van der Waals surface area contributed by atoms with Crippen molar-refractivity contribution < 1.29 is 23.7 Å². The first-order valence-electron chi connectivity index (χ1n) is 9.14. The zero-order valence-electron chi connectivity index (χ0n) is 15.9. The number of rotatable bonds is 11. The Hall–Kier alpha value is -3.18. The van der Waals surface area contributed by atoms with E-state index < -0.39 is 0 Å². The van der Waals surface area contributed by atoms with Gasteiger partial charge in [-0.15, -0.1) is 0 Å². The molecular weight excluding hydrogens is 356 g/mol. The van der Waals surface area contributed by atoms with Crippen molar-refractivity contribution in [2.75, 3.05) is 33.5 Å². The standard InChI is InChI=1S/C23H24O5/c1-24-22-12-5-6-13-23(22)27-17-15-25-14-16-26-20-10-7-11-21(18-20)28-19-8-3-2-4-9-19/h2-13,18H,14-17H2,1H3. The van der Waals surface area contributed by atoms with E-state index in [1.54, 1.807) is 7.11 Å². The summed E-state index contributed by atoms with van der Waals surface area (Å²) in [5.41, 5.74) is 0. The van der Waals surface area contributed by atoms with Crippen LogP contribution in [0.25, 0.3) is 0 Å². The maximum Gasteiger partial charge on any atom is 0.161 e. The number of benzene rings is 3. The molecule has 0 aliphatic heterocycles. The summed E-state index contributed by atoms with van der Waals surface area (Å²) in [6, 6.07) is 24.7. The van der Waals surface area contributed by atoms with Crippen LogP contribution in [0.15, 0.2) is 78.9 Å². The van der Waals surface area contributed by atoms with Gasteiger partial charge in [0, 0.05) is 6.07 Å². The molecule has 0 fully saturated rings. The van der Waals surface area contributed by atoms with E-state index in [-0.39, 0.29) is 0 Å². The lowest BCUT2D eigenvalue weighted by molar-refractivity contribution is 0.0757. The van der Waals surface area contributed by atoms with Gasteiger partial charge in [-0.3, -0.25) is 0 Å². The highest BCUT2D eigenvalue weighted by Gasteiger charge is 2.02. The molecule has 0 aliphatic rings. The third-order valence-corrected chi connectivity index (χ3v) is 3.84. The molecule has 0 unspecified atom stereocenters. The first kappa shape index (κ1) is 19.6. The molecule has 3 aromatic carbocycles. The smallest absolute Gasteiger partial charge is 0.161 e.